The minimum absolute atomic E-state index is 0.315. The van der Waals surface area contributed by atoms with Crippen LogP contribution in [0.2, 0.25) is 0 Å². The van der Waals surface area contributed by atoms with Crippen molar-refractivity contribution in [2.75, 3.05) is 35.2 Å². The van der Waals surface area contributed by atoms with Gasteiger partial charge < -0.3 is 15.5 Å². The van der Waals surface area contributed by atoms with E-state index in [9.17, 15) is 9.11 Å². The van der Waals surface area contributed by atoms with Crippen LogP contribution < -0.4 is 15.5 Å². The highest BCUT2D eigenvalue weighted by Crippen LogP contribution is 2.52. The molecule has 1 aliphatic carbocycles. The zero-order valence-corrected chi connectivity index (χ0v) is 18.4. The van der Waals surface area contributed by atoms with Gasteiger partial charge in [0.25, 0.3) is 0 Å². The second-order valence-electron chi connectivity index (χ2n) is 9.18. The van der Waals surface area contributed by atoms with Gasteiger partial charge in [-0.2, -0.15) is 10.6 Å². The Morgan fingerprint density at radius 2 is 1.81 bits per heavy atom. The minimum Gasteiger partial charge on any atom is -0.370 e. The summed E-state index contributed by atoms with van der Waals surface area (Å²) in [7, 11) is -2.80. The highest BCUT2D eigenvalue weighted by molar-refractivity contribution is 8.24. The molecule has 7 heteroatoms. The molecule has 0 unspecified atom stereocenters. The second-order valence-corrected chi connectivity index (χ2v) is 11.4. The molecule has 6 rings (SSSR count). The molecule has 3 atom stereocenters. The molecule has 31 heavy (non-hydrogen) atoms. The van der Waals surface area contributed by atoms with Crippen molar-refractivity contribution < 1.29 is 9.11 Å². The molecule has 0 radical (unpaired) electrons. The van der Waals surface area contributed by atoms with Crippen LogP contribution in [0.3, 0.4) is 0 Å². The monoisotopic (exact) mass is 436 g/mol. The molecule has 1 saturated heterocycles. The van der Waals surface area contributed by atoms with Crippen molar-refractivity contribution in [2.45, 2.75) is 24.4 Å². The van der Waals surface area contributed by atoms with Crippen LogP contribution in [0.25, 0.3) is 10.9 Å². The molecule has 4 N–H and O–H groups in total. The first kappa shape index (κ1) is 19.4. The number of para-hydroxylation sites is 1. The van der Waals surface area contributed by atoms with E-state index in [0.29, 0.717) is 41.6 Å². The molecule has 2 aromatic carbocycles. The number of aromatic nitrogens is 1. The Kier molecular flexibility index (Phi) is 4.27. The summed E-state index contributed by atoms with van der Waals surface area (Å²) in [6.07, 6.45) is 0. The van der Waals surface area contributed by atoms with E-state index in [-0.39, 0.29) is 0 Å². The van der Waals surface area contributed by atoms with Crippen LogP contribution in [0.4, 0.5) is 11.5 Å². The lowest BCUT2D eigenvalue weighted by atomic mass is 10.1. The Balaban J connectivity index is 1.44. The summed E-state index contributed by atoms with van der Waals surface area (Å²) in [6.45, 7) is 5.28. The zero-order valence-electron chi connectivity index (χ0n) is 17.6. The SMILES string of the molecule is Cc1cccc2c(N3C[C@@H]4[C@H](N)[C@@H]4C3)cc(N3CCS(O)(O)c4ccccc4C3)nc12. The summed E-state index contributed by atoms with van der Waals surface area (Å²) in [5.41, 5.74) is 10.5. The number of nitrogens with zero attached hydrogens (tertiary/aromatic N) is 3. The lowest BCUT2D eigenvalue weighted by molar-refractivity contribution is 0.488. The molecule has 1 saturated carbocycles. The van der Waals surface area contributed by atoms with Gasteiger partial charge in [-0.1, -0.05) is 36.4 Å². The maximum absolute atomic E-state index is 10.7. The lowest BCUT2D eigenvalue weighted by Gasteiger charge is -2.32. The summed E-state index contributed by atoms with van der Waals surface area (Å²) in [4.78, 5) is 10.4. The number of fused-ring (bicyclic) bond motifs is 3. The fraction of sp³-hybridized carbons (Fsp3) is 0.375. The molecular weight excluding hydrogens is 408 g/mol. The number of pyridine rings is 1. The standard InChI is InChI=1S/C24H28N4O2S/c1-15-5-4-7-17-20(28-13-18-19(14-28)23(18)25)11-22(26-24(15)17)27-9-10-31(29,30)21-8-3-2-6-16(21)12-27/h2-8,11,18-19,23,29-30H,9-10,12-14,25H2,1H3/t18-,19+,23-. The first-order valence-electron chi connectivity index (χ1n) is 10.9. The van der Waals surface area contributed by atoms with Crippen molar-refractivity contribution >= 4 is 33.0 Å². The molecule has 2 fully saturated rings. The Labute approximate surface area is 184 Å². The zero-order chi connectivity index (χ0) is 21.3. The van der Waals surface area contributed by atoms with Gasteiger partial charge in [0, 0.05) is 49.4 Å². The highest BCUT2D eigenvalue weighted by Gasteiger charge is 2.53. The van der Waals surface area contributed by atoms with Gasteiger partial charge in [0.1, 0.15) is 5.82 Å². The smallest absolute Gasteiger partial charge is 0.131 e. The topological polar surface area (TPSA) is 85.9 Å². The third-order valence-corrected chi connectivity index (χ3v) is 9.12. The van der Waals surface area contributed by atoms with E-state index in [4.69, 9.17) is 10.7 Å². The molecule has 0 amide bonds. The molecule has 0 bridgehead atoms. The predicted octanol–water partition coefficient (Wildman–Crippen LogP) is 4.07. The summed E-state index contributed by atoms with van der Waals surface area (Å²) in [6, 6.07) is 16.6. The maximum atomic E-state index is 10.7. The van der Waals surface area contributed by atoms with E-state index < -0.39 is 10.6 Å². The van der Waals surface area contributed by atoms with Crippen molar-refractivity contribution in [3.05, 3.63) is 59.7 Å². The maximum Gasteiger partial charge on any atom is 0.131 e. The fourth-order valence-electron chi connectivity index (χ4n) is 5.33. The van der Waals surface area contributed by atoms with E-state index >= 15 is 0 Å². The number of anilines is 2. The van der Waals surface area contributed by atoms with Crippen LogP contribution >= 0.6 is 10.6 Å². The lowest BCUT2D eigenvalue weighted by Crippen LogP contribution is -2.29. The van der Waals surface area contributed by atoms with Gasteiger partial charge in [0.05, 0.1) is 16.2 Å². The molecule has 1 aromatic heterocycles. The van der Waals surface area contributed by atoms with E-state index in [1.807, 2.05) is 24.3 Å². The third-order valence-electron chi connectivity index (χ3n) is 7.26. The van der Waals surface area contributed by atoms with Crippen molar-refractivity contribution in [1.29, 1.82) is 0 Å². The van der Waals surface area contributed by atoms with Crippen molar-refractivity contribution in [3.8, 4) is 0 Å². The molecule has 3 aromatic rings. The molecule has 6 nitrogen and oxygen atoms in total. The summed E-state index contributed by atoms with van der Waals surface area (Å²) in [5, 5.41) is 1.18. The van der Waals surface area contributed by atoms with Crippen molar-refractivity contribution in [3.63, 3.8) is 0 Å². The molecule has 2 aliphatic heterocycles. The van der Waals surface area contributed by atoms with Gasteiger partial charge in [-0.3, -0.25) is 9.11 Å². The second kappa shape index (κ2) is 6.84. The van der Waals surface area contributed by atoms with Crippen molar-refractivity contribution in [1.82, 2.24) is 4.98 Å². The Hall–Kier alpha value is -2.32. The summed E-state index contributed by atoms with van der Waals surface area (Å²) in [5.74, 6) is 2.42. The average Bonchev–Trinajstić information content (AvgIpc) is 3.18. The van der Waals surface area contributed by atoms with E-state index in [1.54, 1.807) is 0 Å². The first-order valence-corrected chi connectivity index (χ1v) is 12.6. The predicted molar refractivity (Wildman–Crippen MR) is 127 cm³/mol. The number of hydrogen-bond donors (Lipinski definition) is 3. The molecule has 3 aliphatic rings. The molecule has 162 valence electrons. The number of aryl methyl sites for hydroxylation is 1. The van der Waals surface area contributed by atoms with E-state index in [1.165, 1.54) is 11.1 Å². The normalized spacial score (nSPS) is 27.5. The number of nitrogens with two attached hydrogens (primary N) is 1. The Bertz CT molecular complexity index is 1170. The third kappa shape index (κ3) is 3.10. The van der Waals surface area contributed by atoms with Gasteiger partial charge in [0.15, 0.2) is 0 Å². The number of rotatable bonds is 2. The van der Waals surface area contributed by atoms with Gasteiger partial charge in [-0.05, 0) is 36.0 Å². The van der Waals surface area contributed by atoms with Crippen molar-refractivity contribution in [2.24, 2.45) is 17.6 Å². The van der Waals surface area contributed by atoms with Crippen LogP contribution in [0.1, 0.15) is 11.1 Å². The molecular formula is C24H28N4O2S. The van der Waals surface area contributed by atoms with Gasteiger partial charge in [-0.25, -0.2) is 4.98 Å². The van der Waals surface area contributed by atoms with Gasteiger partial charge >= 0.3 is 0 Å². The largest absolute Gasteiger partial charge is 0.370 e. The molecule has 0 spiro atoms. The van der Waals surface area contributed by atoms with Crippen LogP contribution in [0, 0.1) is 18.8 Å². The summed E-state index contributed by atoms with van der Waals surface area (Å²) < 4.78 is 21.5. The van der Waals surface area contributed by atoms with Crippen LogP contribution in [-0.2, 0) is 6.54 Å². The average molecular weight is 437 g/mol. The quantitative estimate of drug-likeness (QED) is 0.562. The minimum atomic E-state index is -2.80. The van der Waals surface area contributed by atoms with Crippen LogP contribution in [0.15, 0.2) is 53.4 Å². The van der Waals surface area contributed by atoms with Crippen LogP contribution in [-0.4, -0.2) is 45.5 Å². The van der Waals surface area contributed by atoms with E-state index in [2.05, 4.69) is 41.0 Å². The summed E-state index contributed by atoms with van der Waals surface area (Å²) >= 11 is 0. The van der Waals surface area contributed by atoms with Crippen LogP contribution in [0.5, 0.6) is 0 Å². The fourth-order valence-corrected chi connectivity index (χ4v) is 6.88. The first-order chi connectivity index (χ1) is 14.9. The van der Waals surface area contributed by atoms with Gasteiger partial charge in [-0.15, -0.1) is 0 Å². The van der Waals surface area contributed by atoms with Gasteiger partial charge in [0.2, 0.25) is 0 Å². The Morgan fingerprint density at radius 3 is 2.61 bits per heavy atom. The Morgan fingerprint density at radius 1 is 1.03 bits per heavy atom. The highest BCUT2D eigenvalue weighted by atomic mass is 32.3. The number of benzene rings is 2. The molecule has 3 heterocycles. The van der Waals surface area contributed by atoms with E-state index in [0.717, 1.165) is 35.6 Å². The number of hydrogen-bond acceptors (Lipinski definition) is 6. The number of piperidine rings is 1.